The Hall–Kier alpha value is -2.97. The number of hydrogen-bond acceptors (Lipinski definition) is 9. The van der Waals surface area contributed by atoms with Crippen molar-refractivity contribution in [2.45, 2.75) is 134 Å². The molecule has 2 unspecified atom stereocenters. The molecule has 5 amide bonds. The smallest absolute Gasteiger partial charge is 0.315 e. The van der Waals surface area contributed by atoms with E-state index in [0.717, 1.165) is 77.3 Å². The monoisotopic (exact) mass is 749 g/mol. The molecule has 302 valence electrons. The third-order valence-electron chi connectivity index (χ3n) is 11.3. The molecule has 0 aromatic carbocycles. The first kappa shape index (κ1) is 42.8. The predicted octanol–water partition coefficient (Wildman–Crippen LogP) is 3.22. The van der Waals surface area contributed by atoms with Crippen molar-refractivity contribution in [3.05, 3.63) is 0 Å². The fourth-order valence-corrected chi connectivity index (χ4v) is 7.98. The highest BCUT2D eigenvalue weighted by Crippen LogP contribution is 2.28. The van der Waals surface area contributed by atoms with Gasteiger partial charge in [-0.05, 0) is 70.1 Å². The maximum atomic E-state index is 13.9. The fourth-order valence-electron chi connectivity index (χ4n) is 7.98. The van der Waals surface area contributed by atoms with Gasteiger partial charge in [-0.25, -0.2) is 4.79 Å². The van der Waals surface area contributed by atoms with Crippen LogP contribution in [0.3, 0.4) is 0 Å². The highest BCUT2D eigenvalue weighted by Gasteiger charge is 2.33. The van der Waals surface area contributed by atoms with Crippen molar-refractivity contribution in [3.8, 4) is 0 Å². The van der Waals surface area contributed by atoms with Gasteiger partial charge in [0.25, 0.3) is 0 Å². The van der Waals surface area contributed by atoms with E-state index in [4.69, 9.17) is 14.2 Å². The predicted molar refractivity (Wildman–Crippen MR) is 201 cm³/mol. The second-order valence-corrected chi connectivity index (χ2v) is 16.0. The number of esters is 1. The summed E-state index contributed by atoms with van der Waals surface area (Å²) in [6.07, 6.45) is 12.4. The normalized spacial score (nSPS) is 24.2. The molecule has 2 atom stereocenters. The van der Waals surface area contributed by atoms with Gasteiger partial charge in [0.2, 0.25) is 17.7 Å². The number of methoxy groups -OCH3 is 1. The molecule has 14 nitrogen and oxygen atoms in total. The first-order valence-electron chi connectivity index (χ1n) is 20.5. The second-order valence-electron chi connectivity index (χ2n) is 16.0. The maximum absolute atomic E-state index is 13.9. The zero-order chi connectivity index (χ0) is 38.0. The van der Waals surface area contributed by atoms with Gasteiger partial charge in [-0.15, -0.1) is 0 Å². The molecule has 1 saturated heterocycles. The maximum Gasteiger partial charge on any atom is 0.315 e. The van der Waals surface area contributed by atoms with Gasteiger partial charge in [-0.2, -0.15) is 0 Å². The van der Waals surface area contributed by atoms with E-state index in [1.807, 2.05) is 0 Å². The van der Waals surface area contributed by atoms with Gasteiger partial charge in [0, 0.05) is 63.9 Å². The number of rotatable bonds is 18. The van der Waals surface area contributed by atoms with Crippen LogP contribution in [-0.4, -0.2) is 141 Å². The van der Waals surface area contributed by atoms with Crippen molar-refractivity contribution in [2.24, 2.45) is 11.8 Å². The van der Waals surface area contributed by atoms with Crippen molar-refractivity contribution >= 4 is 29.7 Å². The number of ether oxygens (including phenoxy) is 3. The zero-order valence-corrected chi connectivity index (χ0v) is 32.7. The van der Waals surface area contributed by atoms with E-state index in [1.54, 1.807) is 12.0 Å². The van der Waals surface area contributed by atoms with Gasteiger partial charge in [0.1, 0.15) is 6.61 Å². The molecule has 14 heteroatoms. The highest BCUT2D eigenvalue weighted by atomic mass is 16.5. The SMILES string of the molecule is COC1CCCC(C(=O)N(CCC(=O)OCCN2CCOCC2)CC(=O)N(CCC(C)C)CC(=O)NC2CCC(NC(=O)NC3CCCCC3)CC2)C1. The Labute approximate surface area is 317 Å². The van der Waals surface area contributed by atoms with Crippen LogP contribution in [0.25, 0.3) is 0 Å². The Morgan fingerprint density at radius 3 is 2.09 bits per heavy atom. The van der Waals surface area contributed by atoms with Crippen LogP contribution in [0.2, 0.25) is 0 Å². The van der Waals surface area contributed by atoms with E-state index < -0.39 is 5.97 Å². The minimum atomic E-state index is -0.410. The Bertz CT molecular complexity index is 1150. The number of hydrogen-bond donors (Lipinski definition) is 3. The summed E-state index contributed by atoms with van der Waals surface area (Å²) in [6, 6.07) is 0.202. The number of morpholine rings is 1. The Kier molecular flexibility index (Phi) is 18.6. The van der Waals surface area contributed by atoms with Crippen LogP contribution in [-0.2, 0) is 33.4 Å². The minimum absolute atomic E-state index is 0.0174. The lowest BCUT2D eigenvalue weighted by molar-refractivity contribution is -0.149. The first-order valence-corrected chi connectivity index (χ1v) is 20.5. The van der Waals surface area contributed by atoms with Gasteiger partial charge < -0.3 is 40.0 Å². The number of carbonyl (C=O) groups is 5. The summed E-state index contributed by atoms with van der Waals surface area (Å²) in [4.78, 5) is 71.8. The highest BCUT2D eigenvalue weighted by molar-refractivity contribution is 5.89. The number of nitrogens with zero attached hydrogens (tertiary/aromatic N) is 3. The van der Waals surface area contributed by atoms with E-state index in [-0.39, 0.29) is 86.6 Å². The van der Waals surface area contributed by atoms with E-state index >= 15 is 0 Å². The van der Waals surface area contributed by atoms with Crippen molar-refractivity contribution < 1.29 is 38.2 Å². The van der Waals surface area contributed by atoms with E-state index in [1.165, 1.54) is 11.3 Å². The van der Waals surface area contributed by atoms with Crippen LogP contribution < -0.4 is 16.0 Å². The molecule has 0 aromatic rings. The molecule has 0 aromatic heterocycles. The van der Waals surface area contributed by atoms with Gasteiger partial charge in [0.15, 0.2) is 0 Å². The molecule has 0 radical (unpaired) electrons. The molecule has 0 bridgehead atoms. The molecule has 1 aliphatic heterocycles. The van der Waals surface area contributed by atoms with Gasteiger partial charge in [-0.1, -0.05) is 39.5 Å². The first-order chi connectivity index (χ1) is 25.6. The largest absolute Gasteiger partial charge is 0.464 e. The molecular formula is C39H68N6O8. The molecule has 0 spiro atoms. The summed E-state index contributed by atoms with van der Waals surface area (Å²) in [5.74, 6) is -1.10. The Balaban J connectivity index is 1.29. The lowest BCUT2D eigenvalue weighted by atomic mass is 9.86. The molecule has 3 saturated carbocycles. The molecule has 3 aliphatic carbocycles. The topological polar surface area (TPSA) is 159 Å². The molecule has 3 N–H and O–H groups in total. The third-order valence-corrected chi connectivity index (χ3v) is 11.3. The number of urea groups is 1. The summed E-state index contributed by atoms with van der Waals surface area (Å²) >= 11 is 0. The Morgan fingerprint density at radius 2 is 1.43 bits per heavy atom. The van der Waals surface area contributed by atoms with Crippen LogP contribution >= 0.6 is 0 Å². The number of carbonyl (C=O) groups excluding carboxylic acids is 5. The van der Waals surface area contributed by atoms with Crippen molar-refractivity contribution in [1.82, 2.24) is 30.7 Å². The fraction of sp³-hybridized carbons (Fsp3) is 0.872. The number of amides is 5. The van der Waals surface area contributed by atoms with Crippen LogP contribution in [0, 0.1) is 11.8 Å². The second kappa shape index (κ2) is 23.1. The molecule has 4 rings (SSSR count). The minimum Gasteiger partial charge on any atom is -0.464 e. The summed E-state index contributed by atoms with van der Waals surface area (Å²) in [5, 5.41) is 9.37. The molecule has 4 fully saturated rings. The quantitative estimate of drug-likeness (QED) is 0.179. The van der Waals surface area contributed by atoms with Gasteiger partial charge in [-0.3, -0.25) is 24.1 Å². The molecular weight excluding hydrogens is 680 g/mol. The summed E-state index contributed by atoms with van der Waals surface area (Å²) in [6.45, 7) is 8.10. The van der Waals surface area contributed by atoms with Crippen LogP contribution in [0.4, 0.5) is 4.79 Å². The Morgan fingerprint density at radius 1 is 0.774 bits per heavy atom. The van der Waals surface area contributed by atoms with E-state index in [2.05, 4.69) is 34.7 Å². The van der Waals surface area contributed by atoms with Crippen LogP contribution in [0.1, 0.15) is 110 Å². The van der Waals surface area contributed by atoms with Gasteiger partial charge >= 0.3 is 12.0 Å². The summed E-state index contributed by atoms with van der Waals surface area (Å²) < 4.78 is 16.5. The summed E-state index contributed by atoms with van der Waals surface area (Å²) in [7, 11) is 1.66. The third kappa shape index (κ3) is 15.7. The zero-order valence-electron chi connectivity index (χ0n) is 32.7. The van der Waals surface area contributed by atoms with Gasteiger partial charge in [0.05, 0.1) is 38.8 Å². The average molecular weight is 749 g/mol. The average Bonchev–Trinajstić information content (AvgIpc) is 3.16. The molecule has 53 heavy (non-hydrogen) atoms. The summed E-state index contributed by atoms with van der Waals surface area (Å²) in [5.41, 5.74) is 0. The van der Waals surface area contributed by atoms with E-state index in [9.17, 15) is 24.0 Å². The van der Waals surface area contributed by atoms with Crippen molar-refractivity contribution in [3.63, 3.8) is 0 Å². The van der Waals surface area contributed by atoms with Crippen LogP contribution in [0.5, 0.6) is 0 Å². The standard InChI is InChI=1S/C39H68N6O8/c1-29(2)16-18-44(27-35(46)40-32-12-14-33(15-13-32)42-39(50)41-31-9-5-4-6-10-31)36(47)28-45(38(49)30-8-7-11-34(26-30)51-3)19-17-37(48)53-25-22-43-20-23-52-24-21-43/h29-34H,4-28H2,1-3H3,(H,40,46)(H2,41,42,50). The lowest BCUT2D eigenvalue weighted by Crippen LogP contribution is -2.51. The molecule has 1 heterocycles. The number of nitrogens with one attached hydrogen (secondary N) is 3. The van der Waals surface area contributed by atoms with E-state index in [0.29, 0.717) is 51.5 Å². The van der Waals surface area contributed by atoms with Crippen molar-refractivity contribution in [1.29, 1.82) is 0 Å². The van der Waals surface area contributed by atoms with Crippen LogP contribution in [0.15, 0.2) is 0 Å². The van der Waals surface area contributed by atoms with Crippen molar-refractivity contribution in [2.75, 3.05) is 72.7 Å². The lowest BCUT2D eigenvalue weighted by Gasteiger charge is -2.33. The molecule has 4 aliphatic rings.